The Kier molecular flexibility index (Phi) is 4.99. The highest BCUT2D eigenvalue weighted by molar-refractivity contribution is 5.96. The standard InChI is InChI=1S/C23H20N2O4/c1-14-8-10-17(11-9-14)21-12-24-22(28-21)18-6-4-5-7-19(18)23(26)27-13-20-15(2)25-29-16(20)3/h4-12H,13H2,1-3H3. The molecule has 0 aliphatic carbocycles. The minimum Gasteiger partial charge on any atom is -0.457 e. The molecule has 6 nitrogen and oxygen atoms in total. The smallest absolute Gasteiger partial charge is 0.339 e. The molecule has 0 radical (unpaired) electrons. The average Bonchev–Trinajstić information content (AvgIpc) is 3.34. The number of oxazole rings is 1. The summed E-state index contributed by atoms with van der Waals surface area (Å²) in [4.78, 5) is 17.1. The molecule has 29 heavy (non-hydrogen) atoms. The molecule has 4 rings (SSSR count). The second-order valence-corrected chi connectivity index (χ2v) is 6.82. The van der Waals surface area contributed by atoms with Gasteiger partial charge in [-0.1, -0.05) is 47.1 Å². The maximum atomic E-state index is 12.7. The molecule has 4 aromatic rings. The first-order valence-corrected chi connectivity index (χ1v) is 9.24. The third-order valence-corrected chi connectivity index (χ3v) is 4.75. The maximum absolute atomic E-state index is 12.7. The van der Waals surface area contributed by atoms with Crippen molar-refractivity contribution in [1.82, 2.24) is 10.1 Å². The molecule has 0 atom stereocenters. The van der Waals surface area contributed by atoms with Gasteiger partial charge in [-0.05, 0) is 32.9 Å². The molecular formula is C23H20N2O4. The van der Waals surface area contributed by atoms with Crippen LogP contribution in [0.4, 0.5) is 0 Å². The van der Waals surface area contributed by atoms with Crippen molar-refractivity contribution in [3.05, 3.63) is 82.9 Å². The third-order valence-electron chi connectivity index (χ3n) is 4.75. The number of hydrogen-bond donors (Lipinski definition) is 0. The van der Waals surface area contributed by atoms with Crippen LogP contribution >= 0.6 is 0 Å². The zero-order chi connectivity index (χ0) is 20.4. The van der Waals surface area contributed by atoms with Gasteiger partial charge >= 0.3 is 5.97 Å². The first-order valence-electron chi connectivity index (χ1n) is 9.24. The van der Waals surface area contributed by atoms with Crippen molar-refractivity contribution in [2.45, 2.75) is 27.4 Å². The van der Waals surface area contributed by atoms with Gasteiger partial charge in [-0.25, -0.2) is 9.78 Å². The van der Waals surface area contributed by atoms with E-state index in [9.17, 15) is 4.79 Å². The largest absolute Gasteiger partial charge is 0.457 e. The van der Waals surface area contributed by atoms with Crippen LogP contribution in [0.5, 0.6) is 0 Å². The molecule has 0 unspecified atom stereocenters. The Bertz CT molecular complexity index is 1140. The first kappa shape index (κ1) is 18.7. The lowest BCUT2D eigenvalue weighted by Crippen LogP contribution is -2.07. The molecule has 2 aromatic carbocycles. The molecule has 2 heterocycles. The zero-order valence-electron chi connectivity index (χ0n) is 16.4. The second-order valence-electron chi connectivity index (χ2n) is 6.82. The van der Waals surface area contributed by atoms with E-state index in [1.165, 1.54) is 5.56 Å². The zero-order valence-corrected chi connectivity index (χ0v) is 16.4. The van der Waals surface area contributed by atoms with Crippen LogP contribution in [0.2, 0.25) is 0 Å². The number of esters is 1. The van der Waals surface area contributed by atoms with Crippen molar-refractivity contribution in [3.8, 4) is 22.8 Å². The lowest BCUT2D eigenvalue weighted by atomic mass is 10.1. The number of carbonyl (C=O) groups excluding carboxylic acids is 1. The Morgan fingerprint density at radius 3 is 2.52 bits per heavy atom. The van der Waals surface area contributed by atoms with Crippen molar-refractivity contribution in [2.75, 3.05) is 0 Å². The van der Waals surface area contributed by atoms with E-state index >= 15 is 0 Å². The quantitative estimate of drug-likeness (QED) is 0.433. The van der Waals surface area contributed by atoms with Crippen LogP contribution in [0.25, 0.3) is 22.8 Å². The monoisotopic (exact) mass is 388 g/mol. The van der Waals surface area contributed by atoms with E-state index < -0.39 is 5.97 Å². The van der Waals surface area contributed by atoms with Crippen LogP contribution < -0.4 is 0 Å². The van der Waals surface area contributed by atoms with Gasteiger partial charge < -0.3 is 13.7 Å². The highest BCUT2D eigenvalue weighted by atomic mass is 16.5. The molecule has 0 aliphatic heterocycles. The second kappa shape index (κ2) is 7.75. The molecule has 0 saturated heterocycles. The minimum atomic E-state index is -0.462. The molecule has 0 amide bonds. The summed E-state index contributed by atoms with van der Waals surface area (Å²) in [5.41, 5.74) is 4.53. The molecule has 6 heteroatoms. The molecule has 0 aliphatic rings. The minimum absolute atomic E-state index is 0.0918. The van der Waals surface area contributed by atoms with Crippen LogP contribution in [-0.4, -0.2) is 16.1 Å². The number of aryl methyl sites for hydroxylation is 3. The summed E-state index contributed by atoms with van der Waals surface area (Å²) in [6, 6.07) is 15.1. The molecule has 0 fully saturated rings. The topological polar surface area (TPSA) is 78.4 Å². The number of rotatable bonds is 5. The van der Waals surface area contributed by atoms with E-state index in [1.54, 1.807) is 31.3 Å². The summed E-state index contributed by atoms with van der Waals surface area (Å²) < 4.78 is 16.5. The summed E-state index contributed by atoms with van der Waals surface area (Å²) in [5, 5.41) is 3.88. The van der Waals surface area contributed by atoms with Crippen molar-refractivity contribution in [1.29, 1.82) is 0 Å². The normalized spacial score (nSPS) is 10.9. The molecule has 0 saturated carbocycles. The van der Waals surface area contributed by atoms with Gasteiger partial charge in [0.15, 0.2) is 5.76 Å². The molecule has 0 spiro atoms. The lowest BCUT2D eigenvalue weighted by Gasteiger charge is -2.07. The number of aromatic nitrogens is 2. The Labute approximate surface area is 168 Å². The Balaban J connectivity index is 1.58. The SMILES string of the molecule is Cc1ccc(-c2cnc(-c3ccccc3C(=O)OCc3c(C)noc3C)o2)cc1. The number of carbonyl (C=O) groups is 1. The Hall–Kier alpha value is -3.67. The molecule has 2 aromatic heterocycles. The fourth-order valence-electron chi connectivity index (χ4n) is 3.02. The highest BCUT2D eigenvalue weighted by Crippen LogP contribution is 2.29. The number of benzene rings is 2. The molecule has 0 bridgehead atoms. The van der Waals surface area contributed by atoms with E-state index in [1.807, 2.05) is 44.2 Å². The van der Waals surface area contributed by atoms with Gasteiger partial charge in [-0.15, -0.1) is 0 Å². The van der Waals surface area contributed by atoms with E-state index in [4.69, 9.17) is 13.7 Å². The predicted molar refractivity (Wildman–Crippen MR) is 107 cm³/mol. The number of ether oxygens (including phenoxy) is 1. The van der Waals surface area contributed by atoms with Gasteiger partial charge in [0.1, 0.15) is 12.4 Å². The first-order chi connectivity index (χ1) is 14.0. The van der Waals surface area contributed by atoms with Gasteiger partial charge in [0, 0.05) is 5.56 Å². The van der Waals surface area contributed by atoms with Crippen LogP contribution in [0.15, 0.2) is 63.7 Å². The van der Waals surface area contributed by atoms with Gasteiger partial charge in [-0.2, -0.15) is 0 Å². The van der Waals surface area contributed by atoms with E-state index in [2.05, 4.69) is 10.1 Å². The lowest BCUT2D eigenvalue weighted by molar-refractivity contribution is 0.0471. The maximum Gasteiger partial charge on any atom is 0.339 e. The van der Waals surface area contributed by atoms with Gasteiger partial charge in [0.2, 0.25) is 5.89 Å². The number of hydrogen-bond acceptors (Lipinski definition) is 6. The molecular weight excluding hydrogens is 368 g/mol. The highest BCUT2D eigenvalue weighted by Gasteiger charge is 2.19. The fourth-order valence-corrected chi connectivity index (χ4v) is 3.02. The fraction of sp³-hybridized carbons (Fsp3) is 0.174. The van der Waals surface area contributed by atoms with E-state index in [0.717, 1.165) is 11.1 Å². The van der Waals surface area contributed by atoms with Crippen molar-refractivity contribution in [3.63, 3.8) is 0 Å². The van der Waals surface area contributed by atoms with Crippen molar-refractivity contribution in [2.24, 2.45) is 0 Å². The third kappa shape index (κ3) is 3.82. The summed E-state index contributed by atoms with van der Waals surface area (Å²) in [5.74, 6) is 1.18. The van der Waals surface area contributed by atoms with E-state index in [0.29, 0.717) is 34.2 Å². The Morgan fingerprint density at radius 1 is 1.03 bits per heavy atom. The van der Waals surface area contributed by atoms with Crippen LogP contribution in [0, 0.1) is 20.8 Å². The van der Waals surface area contributed by atoms with Gasteiger partial charge in [-0.3, -0.25) is 0 Å². The number of nitrogens with zero attached hydrogens (tertiary/aromatic N) is 2. The summed E-state index contributed by atoms with van der Waals surface area (Å²) >= 11 is 0. The van der Waals surface area contributed by atoms with Gasteiger partial charge in [0.25, 0.3) is 0 Å². The summed E-state index contributed by atoms with van der Waals surface area (Å²) in [6.45, 7) is 5.72. The van der Waals surface area contributed by atoms with Crippen molar-refractivity contribution >= 4 is 5.97 Å². The van der Waals surface area contributed by atoms with Crippen molar-refractivity contribution < 1.29 is 18.5 Å². The average molecular weight is 388 g/mol. The summed E-state index contributed by atoms with van der Waals surface area (Å²) in [6.07, 6.45) is 1.66. The van der Waals surface area contributed by atoms with Crippen LogP contribution in [0.3, 0.4) is 0 Å². The van der Waals surface area contributed by atoms with E-state index in [-0.39, 0.29) is 6.61 Å². The predicted octanol–water partition coefficient (Wildman–Crippen LogP) is 5.28. The summed E-state index contributed by atoms with van der Waals surface area (Å²) in [7, 11) is 0. The Morgan fingerprint density at radius 2 is 1.79 bits per heavy atom. The van der Waals surface area contributed by atoms with Crippen LogP contribution in [0.1, 0.15) is 32.9 Å². The molecule has 146 valence electrons. The van der Waals surface area contributed by atoms with Gasteiger partial charge in [0.05, 0.1) is 28.6 Å². The van der Waals surface area contributed by atoms with Crippen LogP contribution in [-0.2, 0) is 11.3 Å². The molecule has 0 N–H and O–H groups in total.